The van der Waals surface area contributed by atoms with Crippen molar-refractivity contribution in [2.45, 2.75) is 37.6 Å². The lowest BCUT2D eigenvalue weighted by Gasteiger charge is -2.21. The Morgan fingerprint density at radius 1 is 1.53 bits per heavy atom. The molecule has 0 radical (unpaired) electrons. The van der Waals surface area contributed by atoms with E-state index < -0.39 is 0 Å². The van der Waals surface area contributed by atoms with Crippen LogP contribution < -0.4 is 5.32 Å². The highest BCUT2D eigenvalue weighted by Gasteiger charge is 2.14. The van der Waals surface area contributed by atoms with Gasteiger partial charge in [0, 0.05) is 11.8 Å². The van der Waals surface area contributed by atoms with E-state index >= 15 is 0 Å². The molecule has 1 N–H and O–H groups in total. The van der Waals surface area contributed by atoms with Crippen LogP contribution in [0, 0.1) is 12.8 Å². The zero-order valence-corrected chi connectivity index (χ0v) is 11.4. The lowest BCUT2D eigenvalue weighted by Crippen LogP contribution is -2.34. The third-order valence-corrected chi connectivity index (χ3v) is 4.64. The first kappa shape index (κ1) is 12.9. The predicted molar refractivity (Wildman–Crippen MR) is 67.7 cm³/mol. The van der Waals surface area contributed by atoms with Gasteiger partial charge in [-0.15, -0.1) is 0 Å². The Morgan fingerprint density at radius 3 is 2.73 bits per heavy atom. The number of rotatable bonds is 6. The van der Waals surface area contributed by atoms with Gasteiger partial charge in [-0.3, -0.25) is 0 Å². The van der Waals surface area contributed by atoms with E-state index in [4.69, 9.17) is 0 Å². The van der Waals surface area contributed by atoms with Gasteiger partial charge >= 0.3 is 0 Å². The summed E-state index contributed by atoms with van der Waals surface area (Å²) in [4.78, 5) is 4.34. The minimum Gasteiger partial charge on any atom is -0.316 e. The standard InChI is InChI=1S/C10H19N3S2/c1-5-7(2)9(11-4)6-14-10-12-8(3)13-15-10/h7,9,11H,5-6H2,1-4H3. The van der Waals surface area contributed by atoms with Crippen LogP contribution in [0.3, 0.4) is 0 Å². The zero-order valence-electron chi connectivity index (χ0n) is 9.78. The molecular formula is C10H19N3S2. The first-order valence-electron chi connectivity index (χ1n) is 5.27. The summed E-state index contributed by atoms with van der Waals surface area (Å²) < 4.78 is 5.25. The molecule has 0 saturated heterocycles. The summed E-state index contributed by atoms with van der Waals surface area (Å²) in [5.41, 5.74) is 0. The number of hydrogen-bond acceptors (Lipinski definition) is 5. The van der Waals surface area contributed by atoms with Crippen LogP contribution >= 0.6 is 23.3 Å². The summed E-state index contributed by atoms with van der Waals surface area (Å²) >= 11 is 3.30. The van der Waals surface area contributed by atoms with Gasteiger partial charge in [0.2, 0.25) is 0 Å². The van der Waals surface area contributed by atoms with Gasteiger partial charge in [-0.05, 0) is 31.4 Å². The van der Waals surface area contributed by atoms with Gasteiger partial charge in [0.15, 0.2) is 4.34 Å². The molecule has 5 heteroatoms. The first-order valence-corrected chi connectivity index (χ1v) is 7.03. The maximum atomic E-state index is 4.34. The van der Waals surface area contributed by atoms with Crippen LogP contribution in [0.5, 0.6) is 0 Å². The number of aromatic nitrogens is 2. The Bertz CT molecular complexity index is 288. The molecule has 1 aromatic rings. The Kier molecular flexibility index (Phi) is 5.56. The van der Waals surface area contributed by atoms with E-state index in [1.54, 1.807) is 11.8 Å². The normalized spacial score (nSPS) is 15.2. The molecular weight excluding hydrogens is 226 g/mol. The van der Waals surface area contributed by atoms with Crippen molar-refractivity contribution in [3.05, 3.63) is 5.82 Å². The van der Waals surface area contributed by atoms with Crippen molar-refractivity contribution in [3.63, 3.8) is 0 Å². The second-order valence-electron chi connectivity index (χ2n) is 3.70. The topological polar surface area (TPSA) is 37.8 Å². The van der Waals surface area contributed by atoms with Crippen molar-refractivity contribution in [1.29, 1.82) is 0 Å². The van der Waals surface area contributed by atoms with Crippen LogP contribution in [-0.2, 0) is 0 Å². The number of nitrogens with zero attached hydrogens (tertiary/aromatic N) is 2. The summed E-state index contributed by atoms with van der Waals surface area (Å²) in [6.07, 6.45) is 1.21. The Labute approximate surface area is 100 Å². The summed E-state index contributed by atoms with van der Waals surface area (Å²) in [7, 11) is 2.03. The average molecular weight is 245 g/mol. The third kappa shape index (κ3) is 4.09. The van der Waals surface area contributed by atoms with Crippen molar-refractivity contribution in [1.82, 2.24) is 14.7 Å². The van der Waals surface area contributed by atoms with E-state index in [0.29, 0.717) is 12.0 Å². The van der Waals surface area contributed by atoms with E-state index in [9.17, 15) is 0 Å². The number of hydrogen-bond donors (Lipinski definition) is 1. The van der Waals surface area contributed by atoms with Gasteiger partial charge in [0.25, 0.3) is 0 Å². The van der Waals surface area contributed by atoms with Crippen LogP contribution in [-0.4, -0.2) is 28.2 Å². The SMILES string of the molecule is CCC(C)C(CSc1nc(C)ns1)NC. The molecule has 0 aliphatic rings. The molecule has 0 amide bonds. The highest BCUT2D eigenvalue weighted by molar-refractivity contribution is 8.00. The molecule has 3 nitrogen and oxygen atoms in total. The van der Waals surface area contributed by atoms with E-state index in [2.05, 4.69) is 28.5 Å². The van der Waals surface area contributed by atoms with Crippen LogP contribution in [0.15, 0.2) is 4.34 Å². The highest BCUT2D eigenvalue weighted by Crippen LogP contribution is 2.23. The van der Waals surface area contributed by atoms with Gasteiger partial charge in [-0.25, -0.2) is 4.98 Å². The predicted octanol–water partition coefficient (Wildman–Crippen LogP) is 2.57. The van der Waals surface area contributed by atoms with E-state index in [1.807, 2.05) is 14.0 Å². The summed E-state index contributed by atoms with van der Waals surface area (Å²) in [5, 5.41) is 3.37. The van der Waals surface area contributed by atoms with Crippen molar-refractivity contribution < 1.29 is 0 Å². The smallest absolute Gasteiger partial charge is 0.170 e. The van der Waals surface area contributed by atoms with Gasteiger partial charge in [0.1, 0.15) is 5.82 Å². The fourth-order valence-electron chi connectivity index (χ4n) is 1.31. The molecule has 1 heterocycles. The van der Waals surface area contributed by atoms with Gasteiger partial charge < -0.3 is 5.32 Å². The van der Waals surface area contributed by atoms with E-state index in [-0.39, 0.29) is 0 Å². The maximum absolute atomic E-state index is 4.34. The minimum absolute atomic E-state index is 0.559. The molecule has 1 aromatic heterocycles. The maximum Gasteiger partial charge on any atom is 0.170 e. The minimum atomic E-state index is 0.559. The second kappa shape index (κ2) is 6.45. The summed E-state index contributed by atoms with van der Waals surface area (Å²) in [6.45, 7) is 6.45. The summed E-state index contributed by atoms with van der Waals surface area (Å²) in [6, 6.07) is 0.559. The monoisotopic (exact) mass is 245 g/mol. The highest BCUT2D eigenvalue weighted by atomic mass is 32.2. The molecule has 2 atom stereocenters. The van der Waals surface area contributed by atoms with Crippen molar-refractivity contribution >= 4 is 23.3 Å². The molecule has 0 bridgehead atoms. The van der Waals surface area contributed by atoms with E-state index in [0.717, 1.165) is 15.9 Å². The molecule has 0 spiro atoms. The Balaban J connectivity index is 2.40. The first-order chi connectivity index (χ1) is 7.17. The fraction of sp³-hybridized carbons (Fsp3) is 0.800. The van der Waals surface area contributed by atoms with Crippen molar-refractivity contribution in [2.24, 2.45) is 5.92 Å². The molecule has 0 aromatic carbocycles. The van der Waals surface area contributed by atoms with Crippen molar-refractivity contribution in [3.8, 4) is 0 Å². The third-order valence-electron chi connectivity index (χ3n) is 2.60. The Morgan fingerprint density at radius 2 is 2.27 bits per heavy atom. The average Bonchev–Trinajstić information content (AvgIpc) is 2.64. The van der Waals surface area contributed by atoms with E-state index in [1.165, 1.54) is 18.0 Å². The molecule has 0 aliphatic carbocycles. The Hall–Kier alpha value is -0.130. The van der Waals surface area contributed by atoms with Gasteiger partial charge in [-0.1, -0.05) is 32.0 Å². The molecule has 86 valence electrons. The lowest BCUT2D eigenvalue weighted by molar-refractivity contribution is 0.420. The molecule has 0 fully saturated rings. The summed E-state index contributed by atoms with van der Waals surface area (Å²) in [5.74, 6) is 2.66. The largest absolute Gasteiger partial charge is 0.316 e. The quantitative estimate of drug-likeness (QED) is 0.782. The van der Waals surface area contributed by atoms with Crippen LogP contribution in [0.1, 0.15) is 26.1 Å². The van der Waals surface area contributed by atoms with Crippen LogP contribution in [0.2, 0.25) is 0 Å². The zero-order chi connectivity index (χ0) is 11.3. The number of aryl methyl sites for hydroxylation is 1. The van der Waals surface area contributed by atoms with Gasteiger partial charge in [-0.2, -0.15) is 4.37 Å². The number of nitrogens with one attached hydrogen (secondary N) is 1. The molecule has 2 unspecified atom stereocenters. The van der Waals surface area contributed by atoms with Crippen LogP contribution in [0.4, 0.5) is 0 Å². The fourth-order valence-corrected chi connectivity index (χ4v) is 3.28. The van der Waals surface area contributed by atoms with Crippen LogP contribution in [0.25, 0.3) is 0 Å². The molecule has 1 rings (SSSR count). The molecule has 0 saturated carbocycles. The van der Waals surface area contributed by atoms with Gasteiger partial charge in [0.05, 0.1) is 0 Å². The lowest BCUT2D eigenvalue weighted by atomic mass is 10.0. The molecule has 0 aliphatic heterocycles. The second-order valence-corrected chi connectivity index (χ2v) is 5.72. The number of thioether (sulfide) groups is 1. The van der Waals surface area contributed by atoms with Crippen molar-refractivity contribution in [2.75, 3.05) is 12.8 Å². The molecule has 15 heavy (non-hydrogen) atoms.